The van der Waals surface area contributed by atoms with Crippen LogP contribution in [0.15, 0.2) is 58.3 Å². The smallest absolute Gasteiger partial charge is 0.332 e. The van der Waals surface area contributed by atoms with Gasteiger partial charge >= 0.3 is 5.69 Å². The molecule has 0 fully saturated rings. The minimum Gasteiger partial charge on any atom is -0.496 e. The van der Waals surface area contributed by atoms with E-state index in [0.29, 0.717) is 30.2 Å². The summed E-state index contributed by atoms with van der Waals surface area (Å²) in [6.07, 6.45) is 6.43. The van der Waals surface area contributed by atoms with Crippen LogP contribution in [-0.4, -0.2) is 49.4 Å². The number of sulfonamides is 1. The van der Waals surface area contributed by atoms with Crippen LogP contribution in [0, 0.1) is 0 Å². The van der Waals surface area contributed by atoms with E-state index in [-0.39, 0.29) is 5.41 Å². The third-order valence-corrected chi connectivity index (χ3v) is 7.16. The summed E-state index contributed by atoms with van der Waals surface area (Å²) in [6.45, 7) is 11.1. The molecule has 10 heteroatoms. The van der Waals surface area contributed by atoms with Gasteiger partial charge in [-0.1, -0.05) is 58.9 Å². The molecule has 0 bridgehead atoms. The van der Waals surface area contributed by atoms with E-state index in [0.717, 1.165) is 16.7 Å². The molecule has 9 nitrogen and oxygen atoms in total. The number of aromatic amines is 1. The molecule has 38 heavy (non-hydrogen) atoms. The Morgan fingerprint density at radius 2 is 1.63 bits per heavy atom. The fourth-order valence-electron chi connectivity index (χ4n) is 4.25. The topological polar surface area (TPSA) is 105 Å². The van der Waals surface area contributed by atoms with Crippen LogP contribution < -0.4 is 20.4 Å². The predicted molar refractivity (Wildman–Crippen MR) is 154 cm³/mol. The van der Waals surface area contributed by atoms with Crippen molar-refractivity contribution < 1.29 is 13.2 Å². The third kappa shape index (κ3) is 6.43. The number of hydrogen-bond donors (Lipinski definition) is 1. The maximum absolute atomic E-state index is 12.5. The van der Waals surface area contributed by atoms with E-state index in [1.807, 2.05) is 50.3 Å². The lowest BCUT2D eigenvalue weighted by molar-refractivity contribution is 0.320. The number of nitrogens with one attached hydrogen (secondary N) is 1. The first-order chi connectivity index (χ1) is 17.8. The predicted octanol–water partition coefficient (Wildman–Crippen LogP) is 4.03. The first-order valence-electron chi connectivity index (χ1n) is 12.4. The Balaban J connectivity index is 2.08. The number of aromatic nitrogens is 2. The van der Waals surface area contributed by atoms with Gasteiger partial charge in [0.05, 0.1) is 24.7 Å². The molecule has 0 unspecified atom stereocenters. The Morgan fingerprint density at radius 3 is 2.13 bits per heavy atom. The van der Waals surface area contributed by atoms with E-state index in [9.17, 15) is 18.0 Å². The van der Waals surface area contributed by atoms with Crippen LogP contribution in [0.2, 0.25) is 0 Å². The highest BCUT2D eigenvalue weighted by Gasteiger charge is 2.24. The van der Waals surface area contributed by atoms with Crippen LogP contribution in [0.4, 0.5) is 5.69 Å². The minimum atomic E-state index is -3.50. The Kier molecular flexibility index (Phi) is 8.68. The third-order valence-electron chi connectivity index (χ3n) is 6.09. The first kappa shape index (κ1) is 28.9. The molecule has 0 saturated carbocycles. The van der Waals surface area contributed by atoms with Gasteiger partial charge in [0.2, 0.25) is 10.0 Å². The summed E-state index contributed by atoms with van der Waals surface area (Å²) in [5.41, 5.74) is 2.36. The zero-order valence-electron chi connectivity index (χ0n) is 23.0. The molecular formula is C28H36N4O5S. The Hall–Kier alpha value is -3.63. The molecule has 0 aliphatic carbocycles. The van der Waals surface area contributed by atoms with Crippen molar-refractivity contribution >= 4 is 27.9 Å². The second-order valence-corrected chi connectivity index (χ2v) is 11.7. The van der Waals surface area contributed by atoms with E-state index < -0.39 is 21.3 Å². The Labute approximate surface area is 224 Å². The quantitative estimate of drug-likeness (QED) is 0.325. The molecule has 0 aliphatic rings. The molecule has 0 spiro atoms. The van der Waals surface area contributed by atoms with Crippen LogP contribution in [0.25, 0.3) is 17.8 Å². The highest BCUT2D eigenvalue weighted by atomic mass is 32.2. The molecule has 0 aliphatic heterocycles. The fraction of sp³-hybridized carbons (Fsp3) is 0.357. The number of benzene rings is 2. The van der Waals surface area contributed by atoms with E-state index in [1.54, 1.807) is 24.3 Å². The van der Waals surface area contributed by atoms with Gasteiger partial charge in [0.25, 0.3) is 5.56 Å². The van der Waals surface area contributed by atoms with Crippen molar-refractivity contribution in [2.24, 2.45) is 0 Å². The van der Waals surface area contributed by atoms with Gasteiger partial charge in [0, 0.05) is 36.5 Å². The van der Waals surface area contributed by atoms with Crippen molar-refractivity contribution in [3.05, 3.63) is 86.2 Å². The van der Waals surface area contributed by atoms with E-state index >= 15 is 0 Å². The van der Waals surface area contributed by atoms with Crippen molar-refractivity contribution in [3.63, 3.8) is 0 Å². The lowest BCUT2D eigenvalue weighted by atomic mass is 9.84. The molecular weight excluding hydrogens is 504 g/mol. The molecule has 3 rings (SSSR count). The number of ether oxygens (including phenoxy) is 1. The number of nitrogens with zero attached hydrogens (tertiary/aromatic N) is 3. The van der Waals surface area contributed by atoms with Crippen LogP contribution >= 0.6 is 0 Å². The van der Waals surface area contributed by atoms with E-state index in [1.165, 1.54) is 27.5 Å². The van der Waals surface area contributed by atoms with Crippen LogP contribution in [0.1, 0.15) is 51.3 Å². The van der Waals surface area contributed by atoms with Crippen molar-refractivity contribution in [1.29, 1.82) is 0 Å². The van der Waals surface area contributed by atoms with Gasteiger partial charge in [0.15, 0.2) is 0 Å². The highest BCUT2D eigenvalue weighted by Crippen LogP contribution is 2.37. The maximum atomic E-state index is 12.5. The number of methoxy groups -OCH3 is 1. The number of anilines is 1. The van der Waals surface area contributed by atoms with Crippen LogP contribution in [0.5, 0.6) is 5.75 Å². The average Bonchev–Trinajstić information content (AvgIpc) is 2.84. The van der Waals surface area contributed by atoms with Gasteiger partial charge < -0.3 is 4.74 Å². The van der Waals surface area contributed by atoms with Gasteiger partial charge in [-0.05, 0) is 35.2 Å². The molecule has 1 N–H and O–H groups in total. The summed E-state index contributed by atoms with van der Waals surface area (Å²) < 4.78 is 33.5. The van der Waals surface area contributed by atoms with Crippen LogP contribution in [0.3, 0.4) is 0 Å². The molecule has 1 heterocycles. The second kappa shape index (κ2) is 11.4. The lowest BCUT2D eigenvalue weighted by Crippen LogP contribution is -2.46. The van der Waals surface area contributed by atoms with Crippen molar-refractivity contribution in [2.45, 2.75) is 40.0 Å². The fourth-order valence-corrected chi connectivity index (χ4v) is 5.40. The van der Waals surface area contributed by atoms with Crippen molar-refractivity contribution in [3.8, 4) is 11.4 Å². The van der Waals surface area contributed by atoms with Crippen molar-refractivity contribution in [1.82, 2.24) is 14.6 Å². The molecule has 3 aromatic rings. The largest absolute Gasteiger partial charge is 0.496 e. The summed E-state index contributed by atoms with van der Waals surface area (Å²) in [4.78, 5) is 26.4. The van der Waals surface area contributed by atoms with E-state index in [4.69, 9.17) is 4.74 Å². The molecule has 0 radical (unpaired) electrons. The summed E-state index contributed by atoms with van der Waals surface area (Å²) in [5, 5.41) is 1.75. The summed E-state index contributed by atoms with van der Waals surface area (Å²) >= 11 is 0. The van der Waals surface area contributed by atoms with Gasteiger partial charge in [-0.2, -0.15) is 0 Å². The average molecular weight is 541 g/mol. The zero-order valence-corrected chi connectivity index (χ0v) is 23.8. The molecule has 1 aromatic heterocycles. The van der Waals surface area contributed by atoms with Gasteiger partial charge in [-0.3, -0.25) is 14.3 Å². The first-order valence-corrected chi connectivity index (χ1v) is 14.2. The van der Waals surface area contributed by atoms with Gasteiger partial charge in [0.1, 0.15) is 5.75 Å². The highest BCUT2D eigenvalue weighted by molar-refractivity contribution is 7.92. The van der Waals surface area contributed by atoms with Crippen LogP contribution in [-0.2, 0) is 15.4 Å². The second-order valence-electron chi connectivity index (χ2n) is 9.92. The van der Waals surface area contributed by atoms with Gasteiger partial charge in [-0.15, -0.1) is 0 Å². The summed E-state index contributed by atoms with van der Waals surface area (Å²) in [6, 6.07) is 12.3. The Morgan fingerprint density at radius 1 is 1.00 bits per heavy atom. The van der Waals surface area contributed by atoms with E-state index in [2.05, 4.69) is 25.8 Å². The number of hydrogen-bond acceptors (Lipinski definition) is 6. The van der Waals surface area contributed by atoms with Crippen molar-refractivity contribution in [2.75, 3.05) is 30.9 Å². The summed E-state index contributed by atoms with van der Waals surface area (Å²) in [7, 11) is -1.89. The maximum Gasteiger partial charge on any atom is 0.332 e. The van der Waals surface area contributed by atoms with Gasteiger partial charge in [-0.25, -0.2) is 22.6 Å². The normalized spacial score (nSPS) is 12.3. The Bertz CT molecular complexity index is 1530. The summed E-state index contributed by atoms with van der Waals surface area (Å²) in [5.74, 6) is 0.677. The minimum absolute atomic E-state index is 0.295. The molecule has 0 saturated heterocycles. The standard InChI is InChI=1S/C28H36N4O5S/c1-8-30(9-2)32(38(7,35)36)22-14-11-20(12-15-22)10-13-21-18-23(31-17-16-25(33)29-27(31)34)19-24(26(21)37-6)28(3,4)5/h10-19H,8-9H2,1-7H3,(H,29,33,34)/b13-10+. The zero-order chi connectivity index (χ0) is 28.3. The lowest BCUT2D eigenvalue weighted by Gasteiger charge is -2.33. The number of H-pyrrole nitrogens is 1. The molecule has 0 amide bonds. The number of hydrazine groups is 1. The number of rotatable bonds is 9. The molecule has 0 atom stereocenters. The molecule has 204 valence electrons. The SMILES string of the molecule is CCN(CC)N(c1ccc(/C=C/c2cc(-n3ccc(=O)[nH]c3=O)cc(C(C)(C)C)c2OC)cc1)S(C)(=O)=O. The molecule has 2 aromatic carbocycles. The monoisotopic (exact) mass is 540 g/mol.